The third-order valence-electron chi connectivity index (χ3n) is 4.12. The third-order valence-corrected chi connectivity index (χ3v) is 5.56. The minimum absolute atomic E-state index is 0.195. The summed E-state index contributed by atoms with van der Waals surface area (Å²) >= 11 is 6.39. The van der Waals surface area contributed by atoms with Crippen molar-refractivity contribution in [1.29, 1.82) is 0 Å². The van der Waals surface area contributed by atoms with E-state index in [1.807, 2.05) is 0 Å². The molecule has 2 aliphatic heterocycles. The highest BCUT2D eigenvalue weighted by Gasteiger charge is 2.43. The minimum Gasteiger partial charge on any atom is -0.467 e. The van der Waals surface area contributed by atoms with Gasteiger partial charge in [0.1, 0.15) is 10.1 Å². The van der Waals surface area contributed by atoms with Gasteiger partial charge in [0.25, 0.3) is 11.8 Å². The largest absolute Gasteiger partial charge is 0.467 e. The second kappa shape index (κ2) is 6.22. The summed E-state index contributed by atoms with van der Waals surface area (Å²) in [7, 11) is 0. The van der Waals surface area contributed by atoms with Crippen molar-refractivity contribution in [3.63, 3.8) is 0 Å². The van der Waals surface area contributed by atoms with Crippen molar-refractivity contribution in [2.24, 2.45) is 0 Å². The van der Waals surface area contributed by atoms with Crippen LogP contribution in [0, 0.1) is 0 Å². The SMILES string of the molecule is CC(=O)N1C(=O)C(=C2SC(=S)N(Cc3ccco3)C2=O)c2ccccc21. The molecule has 1 saturated heterocycles. The van der Waals surface area contributed by atoms with Crippen molar-refractivity contribution in [3.8, 4) is 0 Å². The smallest absolute Gasteiger partial charge is 0.267 e. The number of benzene rings is 1. The van der Waals surface area contributed by atoms with Crippen LogP contribution >= 0.6 is 24.0 Å². The number of fused-ring (bicyclic) bond motifs is 1. The molecule has 1 aromatic carbocycles. The summed E-state index contributed by atoms with van der Waals surface area (Å²) in [6, 6.07) is 10.4. The molecule has 0 bridgehead atoms. The lowest BCUT2D eigenvalue weighted by atomic mass is 10.1. The molecule has 0 aliphatic carbocycles. The van der Waals surface area contributed by atoms with E-state index in [1.165, 1.54) is 18.1 Å². The zero-order chi connectivity index (χ0) is 18.4. The molecule has 0 N–H and O–H groups in total. The number of nitrogens with zero attached hydrogens (tertiary/aromatic N) is 2. The Hall–Kier alpha value is -2.71. The van der Waals surface area contributed by atoms with E-state index in [9.17, 15) is 14.4 Å². The van der Waals surface area contributed by atoms with E-state index < -0.39 is 11.8 Å². The Morgan fingerprint density at radius 2 is 1.92 bits per heavy atom. The fourth-order valence-electron chi connectivity index (χ4n) is 2.99. The lowest BCUT2D eigenvalue weighted by molar-refractivity contribution is -0.124. The second-order valence-corrected chi connectivity index (χ2v) is 7.36. The van der Waals surface area contributed by atoms with E-state index in [-0.39, 0.29) is 22.9 Å². The Bertz CT molecular complexity index is 994. The summed E-state index contributed by atoms with van der Waals surface area (Å²) < 4.78 is 5.63. The predicted octanol–water partition coefficient (Wildman–Crippen LogP) is 2.94. The number of thiocarbonyl (C=S) groups is 1. The number of hydrogen-bond acceptors (Lipinski definition) is 6. The maximum absolute atomic E-state index is 12.9. The highest BCUT2D eigenvalue weighted by molar-refractivity contribution is 8.26. The van der Waals surface area contributed by atoms with E-state index >= 15 is 0 Å². The number of para-hydroxylation sites is 1. The molecule has 1 aromatic heterocycles. The zero-order valence-electron chi connectivity index (χ0n) is 13.6. The van der Waals surface area contributed by atoms with Gasteiger partial charge in [-0.15, -0.1) is 0 Å². The molecular weight excluding hydrogens is 372 g/mol. The highest BCUT2D eigenvalue weighted by atomic mass is 32.2. The molecule has 0 saturated carbocycles. The molecule has 4 rings (SSSR count). The molecule has 1 fully saturated rings. The monoisotopic (exact) mass is 384 g/mol. The van der Waals surface area contributed by atoms with Crippen LogP contribution in [0.5, 0.6) is 0 Å². The summed E-state index contributed by atoms with van der Waals surface area (Å²) in [5, 5.41) is 0. The first kappa shape index (κ1) is 16.7. The molecule has 0 spiro atoms. The van der Waals surface area contributed by atoms with Gasteiger partial charge in [0.05, 0.1) is 29.0 Å². The molecule has 2 aliphatic rings. The number of hydrogen-bond donors (Lipinski definition) is 0. The zero-order valence-corrected chi connectivity index (χ0v) is 15.2. The summed E-state index contributed by atoms with van der Waals surface area (Å²) in [6.45, 7) is 1.51. The van der Waals surface area contributed by atoms with Crippen LogP contribution in [0.4, 0.5) is 5.69 Å². The summed E-state index contributed by atoms with van der Waals surface area (Å²) in [4.78, 5) is 40.5. The van der Waals surface area contributed by atoms with E-state index in [0.29, 0.717) is 21.3 Å². The summed E-state index contributed by atoms with van der Waals surface area (Å²) in [5.74, 6) is -0.670. The van der Waals surface area contributed by atoms with E-state index in [4.69, 9.17) is 16.6 Å². The molecule has 3 heterocycles. The van der Waals surface area contributed by atoms with Crippen molar-refractivity contribution in [2.45, 2.75) is 13.5 Å². The first-order valence-corrected chi connectivity index (χ1v) is 8.96. The number of anilines is 1. The van der Waals surface area contributed by atoms with Gasteiger partial charge in [-0.2, -0.15) is 0 Å². The van der Waals surface area contributed by atoms with E-state index in [0.717, 1.165) is 16.7 Å². The first-order chi connectivity index (χ1) is 12.5. The van der Waals surface area contributed by atoms with Crippen molar-refractivity contribution in [3.05, 3.63) is 58.9 Å². The van der Waals surface area contributed by atoms with Gasteiger partial charge in [-0.05, 0) is 18.2 Å². The number of carbonyl (C=O) groups is 3. The molecule has 130 valence electrons. The molecule has 6 nitrogen and oxygen atoms in total. The van der Waals surface area contributed by atoms with Crippen molar-refractivity contribution in [2.75, 3.05) is 4.90 Å². The number of furan rings is 1. The number of thioether (sulfide) groups is 1. The number of rotatable bonds is 2. The summed E-state index contributed by atoms with van der Waals surface area (Å²) in [5.41, 5.74) is 1.26. The summed E-state index contributed by atoms with van der Waals surface area (Å²) in [6.07, 6.45) is 1.52. The predicted molar refractivity (Wildman–Crippen MR) is 101 cm³/mol. The van der Waals surface area contributed by atoms with Gasteiger partial charge in [0.15, 0.2) is 0 Å². The van der Waals surface area contributed by atoms with Crippen LogP contribution in [0.25, 0.3) is 5.57 Å². The molecule has 26 heavy (non-hydrogen) atoms. The van der Waals surface area contributed by atoms with Crippen LogP contribution in [0.15, 0.2) is 52.0 Å². The highest BCUT2D eigenvalue weighted by Crippen LogP contribution is 2.44. The fraction of sp³-hybridized carbons (Fsp3) is 0.111. The maximum atomic E-state index is 12.9. The van der Waals surface area contributed by atoms with E-state index in [2.05, 4.69) is 0 Å². The van der Waals surface area contributed by atoms with Crippen molar-refractivity contribution in [1.82, 2.24) is 4.90 Å². The molecule has 3 amide bonds. The van der Waals surface area contributed by atoms with Crippen LogP contribution in [0.1, 0.15) is 18.2 Å². The van der Waals surface area contributed by atoms with Gasteiger partial charge in [-0.25, -0.2) is 4.90 Å². The Morgan fingerprint density at radius 3 is 2.62 bits per heavy atom. The molecule has 2 aromatic rings. The quantitative estimate of drug-likeness (QED) is 0.586. The lowest BCUT2D eigenvalue weighted by Crippen LogP contribution is -2.32. The minimum atomic E-state index is -0.503. The average Bonchev–Trinajstić information content (AvgIpc) is 3.28. The number of amides is 3. The van der Waals surface area contributed by atoms with Gasteiger partial charge in [-0.1, -0.05) is 42.2 Å². The Labute approximate surface area is 158 Å². The molecule has 8 heteroatoms. The molecular formula is C18H12N2O4S2. The normalized spacial score (nSPS) is 19.5. The van der Waals surface area contributed by atoms with Gasteiger partial charge in [0.2, 0.25) is 5.91 Å². The maximum Gasteiger partial charge on any atom is 0.267 e. The van der Waals surface area contributed by atoms with Crippen LogP contribution in [0.2, 0.25) is 0 Å². The topological polar surface area (TPSA) is 70.8 Å². The van der Waals surface area contributed by atoms with Crippen LogP contribution in [-0.4, -0.2) is 26.9 Å². The third kappa shape index (κ3) is 2.49. The lowest BCUT2D eigenvalue weighted by Gasteiger charge is -2.12. The average molecular weight is 384 g/mol. The Kier molecular flexibility index (Phi) is 4.01. The second-order valence-electron chi connectivity index (χ2n) is 5.72. The van der Waals surface area contributed by atoms with Crippen LogP contribution < -0.4 is 4.90 Å². The molecule has 0 radical (unpaired) electrons. The van der Waals surface area contributed by atoms with Crippen molar-refractivity contribution < 1.29 is 18.8 Å². The fourth-order valence-corrected chi connectivity index (χ4v) is 4.32. The van der Waals surface area contributed by atoms with E-state index in [1.54, 1.807) is 36.4 Å². The Morgan fingerprint density at radius 1 is 1.15 bits per heavy atom. The van der Waals surface area contributed by atoms with Gasteiger partial charge < -0.3 is 4.42 Å². The number of imide groups is 1. The van der Waals surface area contributed by atoms with Gasteiger partial charge in [-0.3, -0.25) is 19.3 Å². The first-order valence-electron chi connectivity index (χ1n) is 7.74. The molecule has 0 unspecified atom stereocenters. The standard InChI is InChI=1S/C18H12N2O4S2/c1-10(21)20-13-7-3-2-6-12(13)14(16(20)22)15-17(23)19(18(25)26-15)9-11-5-4-8-24-11/h2-8H,9H2,1H3. The Balaban J connectivity index is 1.79. The number of carbonyl (C=O) groups excluding carboxylic acids is 3. The van der Waals surface area contributed by atoms with Gasteiger partial charge >= 0.3 is 0 Å². The molecule has 0 atom stereocenters. The van der Waals surface area contributed by atoms with Gasteiger partial charge in [0, 0.05) is 12.5 Å². The van der Waals surface area contributed by atoms with Crippen LogP contribution in [0.3, 0.4) is 0 Å². The van der Waals surface area contributed by atoms with Crippen LogP contribution in [-0.2, 0) is 20.9 Å². The van der Waals surface area contributed by atoms with Crippen molar-refractivity contribution >= 4 is 57.3 Å².